The molecular weight excluding hydrogens is 274 g/mol. The molecule has 7 heteroatoms. The molecule has 1 aromatic heterocycles. The number of sulfonamides is 1. The quantitative estimate of drug-likeness (QED) is 0.909. The van der Waals surface area contributed by atoms with Gasteiger partial charge < -0.3 is 0 Å². The van der Waals surface area contributed by atoms with E-state index in [9.17, 15) is 8.42 Å². The molecule has 0 atom stereocenters. The van der Waals surface area contributed by atoms with Gasteiger partial charge in [-0.1, -0.05) is 23.7 Å². The van der Waals surface area contributed by atoms with E-state index in [1.54, 1.807) is 18.2 Å². The molecule has 0 radical (unpaired) electrons. The number of hydrogen-bond donors (Lipinski definition) is 2. The zero-order chi connectivity index (χ0) is 13.3. The van der Waals surface area contributed by atoms with Crippen LogP contribution in [-0.2, 0) is 10.0 Å². The maximum absolute atomic E-state index is 11.3. The lowest BCUT2D eigenvalue weighted by atomic mass is 10.1. The molecule has 0 bridgehead atoms. The molecule has 1 aromatic carbocycles. The summed E-state index contributed by atoms with van der Waals surface area (Å²) in [5, 5.41) is 7.29. The highest BCUT2D eigenvalue weighted by atomic mass is 35.5. The fourth-order valence-electron chi connectivity index (χ4n) is 1.68. The van der Waals surface area contributed by atoms with Crippen LogP contribution < -0.4 is 4.72 Å². The summed E-state index contributed by atoms with van der Waals surface area (Å²) < 4.78 is 24.9. The Labute approximate surface area is 110 Å². The lowest BCUT2D eigenvalue weighted by Gasteiger charge is -2.05. The summed E-state index contributed by atoms with van der Waals surface area (Å²) in [6.45, 7) is 1.82. The van der Waals surface area contributed by atoms with Crippen LogP contribution in [0.15, 0.2) is 24.3 Å². The summed E-state index contributed by atoms with van der Waals surface area (Å²) in [6.07, 6.45) is 1.08. The number of aryl methyl sites for hydroxylation is 1. The van der Waals surface area contributed by atoms with Gasteiger partial charge in [-0.05, 0) is 24.6 Å². The van der Waals surface area contributed by atoms with E-state index in [-0.39, 0.29) is 5.82 Å². The van der Waals surface area contributed by atoms with Crippen LogP contribution in [0.4, 0.5) is 5.82 Å². The molecule has 0 amide bonds. The van der Waals surface area contributed by atoms with Crippen LogP contribution in [0.3, 0.4) is 0 Å². The summed E-state index contributed by atoms with van der Waals surface area (Å²) in [4.78, 5) is 0. The molecule has 0 aliphatic carbocycles. The number of halogens is 1. The Morgan fingerprint density at radius 2 is 2.11 bits per heavy atom. The van der Waals surface area contributed by atoms with Crippen LogP contribution in [0.25, 0.3) is 11.1 Å². The number of nitrogens with zero attached hydrogens (tertiary/aromatic N) is 1. The maximum atomic E-state index is 11.3. The van der Waals surface area contributed by atoms with Crippen molar-refractivity contribution in [3.8, 4) is 11.1 Å². The van der Waals surface area contributed by atoms with E-state index in [0.29, 0.717) is 10.6 Å². The molecule has 0 fully saturated rings. The largest absolute Gasteiger partial charge is 0.280 e. The first-order chi connectivity index (χ1) is 8.37. The zero-order valence-electron chi connectivity index (χ0n) is 9.86. The molecular formula is C11H12ClN3O2S. The molecule has 0 spiro atoms. The van der Waals surface area contributed by atoms with E-state index in [1.165, 1.54) is 0 Å². The first-order valence-corrected chi connectivity index (χ1v) is 7.42. The highest BCUT2D eigenvalue weighted by molar-refractivity contribution is 7.92. The standard InChI is InChI=1S/C11H12ClN3O2S/c1-7-10(8-4-3-5-9(12)6-8)11(14-13-7)15-18(2,16)17/h3-6H,1-2H3,(H2,13,14,15). The molecule has 2 N–H and O–H groups in total. The Bertz CT molecular complexity index is 679. The molecule has 5 nitrogen and oxygen atoms in total. The van der Waals surface area contributed by atoms with Crippen molar-refractivity contribution in [3.63, 3.8) is 0 Å². The number of rotatable bonds is 3. The fourth-order valence-corrected chi connectivity index (χ4v) is 2.37. The Kier molecular flexibility index (Phi) is 3.32. The van der Waals surface area contributed by atoms with Crippen molar-refractivity contribution in [1.29, 1.82) is 0 Å². The molecule has 2 rings (SSSR count). The van der Waals surface area contributed by atoms with Crippen molar-refractivity contribution in [2.45, 2.75) is 6.92 Å². The Hall–Kier alpha value is -1.53. The van der Waals surface area contributed by atoms with Crippen molar-refractivity contribution in [3.05, 3.63) is 35.0 Å². The lowest BCUT2D eigenvalue weighted by Crippen LogP contribution is -2.10. The van der Waals surface area contributed by atoms with Gasteiger partial charge in [-0.2, -0.15) is 5.10 Å². The highest BCUT2D eigenvalue weighted by Crippen LogP contribution is 2.31. The predicted octanol–water partition coefficient (Wildman–Crippen LogP) is 2.41. The minimum atomic E-state index is -3.37. The third-order valence-electron chi connectivity index (χ3n) is 2.34. The van der Waals surface area contributed by atoms with E-state index >= 15 is 0 Å². The predicted molar refractivity (Wildman–Crippen MR) is 72.2 cm³/mol. The van der Waals surface area contributed by atoms with Crippen molar-refractivity contribution >= 4 is 27.4 Å². The second kappa shape index (κ2) is 4.62. The number of anilines is 1. The van der Waals surface area contributed by atoms with Gasteiger partial charge in [-0.25, -0.2) is 8.42 Å². The van der Waals surface area contributed by atoms with Gasteiger partial charge in [0.2, 0.25) is 10.0 Å². The fraction of sp³-hybridized carbons (Fsp3) is 0.182. The summed E-state index contributed by atoms with van der Waals surface area (Å²) in [7, 11) is -3.37. The topological polar surface area (TPSA) is 74.8 Å². The minimum Gasteiger partial charge on any atom is -0.280 e. The number of H-pyrrole nitrogens is 1. The van der Waals surface area contributed by atoms with Gasteiger partial charge in [0.05, 0.1) is 6.26 Å². The lowest BCUT2D eigenvalue weighted by molar-refractivity contribution is 0.606. The summed E-state index contributed by atoms with van der Waals surface area (Å²) in [6, 6.07) is 7.16. The van der Waals surface area contributed by atoms with Crippen LogP contribution in [-0.4, -0.2) is 24.9 Å². The zero-order valence-corrected chi connectivity index (χ0v) is 11.4. The Morgan fingerprint density at radius 3 is 2.72 bits per heavy atom. The summed E-state index contributed by atoms with van der Waals surface area (Å²) in [5.41, 5.74) is 2.27. The van der Waals surface area contributed by atoms with Crippen LogP contribution >= 0.6 is 11.6 Å². The van der Waals surface area contributed by atoms with Gasteiger partial charge >= 0.3 is 0 Å². The van der Waals surface area contributed by atoms with Gasteiger partial charge in [0.1, 0.15) is 0 Å². The first kappa shape index (κ1) is 12.9. The van der Waals surface area contributed by atoms with E-state index in [1.807, 2.05) is 13.0 Å². The van der Waals surface area contributed by atoms with E-state index in [4.69, 9.17) is 11.6 Å². The van der Waals surface area contributed by atoms with E-state index in [2.05, 4.69) is 14.9 Å². The average Bonchev–Trinajstić information content (AvgIpc) is 2.57. The van der Waals surface area contributed by atoms with Crippen molar-refractivity contribution in [2.24, 2.45) is 0 Å². The molecule has 1 heterocycles. The SMILES string of the molecule is Cc1[nH]nc(NS(C)(=O)=O)c1-c1cccc(Cl)c1. The second-order valence-corrected chi connectivity index (χ2v) is 6.14. The number of hydrogen-bond acceptors (Lipinski definition) is 3. The molecule has 0 saturated carbocycles. The third-order valence-corrected chi connectivity index (χ3v) is 3.14. The number of nitrogens with one attached hydrogen (secondary N) is 2. The third kappa shape index (κ3) is 2.83. The van der Waals surface area contributed by atoms with Gasteiger partial charge in [0, 0.05) is 16.3 Å². The smallest absolute Gasteiger partial charge is 0.231 e. The molecule has 0 saturated heterocycles. The molecule has 2 aromatic rings. The monoisotopic (exact) mass is 285 g/mol. The van der Waals surface area contributed by atoms with E-state index < -0.39 is 10.0 Å². The molecule has 96 valence electrons. The molecule has 18 heavy (non-hydrogen) atoms. The van der Waals surface area contributed by atoms with Crippen molar-refractivity contribution in [2.75, 3.05) is 11.0 Å². The number of benzene rings is 1. The average molecular weight is 286 g/mol. The van der Waals surface area contributed by atoms with Crippen LogP contribution in [0.1, 0.15) is 5.69 Å². The first-order valence-electron chi connectivity index (χ1n) is 5.15. The Morgan fingerprint density at radius 1 is 1.39 bits per heavy atom. The van der Waals surface area contributed by atoms with Crippen molar-refractivity contribution < 1.29 is 8.42 Å². The highest BCUT2D eigenvalue weighted by Gasteiger charge is 2.15. The van der Waals surface area contributed by atoms with Gasteiger partial charge in [-0.3, -0.25) is 9.82 Å². The molecule has 0 aliphatic rings. The second-order valence-electron chi connectivity index (χ2n) is 3.96. The Balaban J connectivity index is 2.54. The molecule has 0 unspecified atom stereocenters. The number of aromatic amines is 1. The number of aromatic nitrogens is 2. The van der Waals surface area contributed by atoms with Gasteiger partial charge in [0.25, 0.3) is 0 Å². The van der Waals surface area contributed by atoms with E-state index in [0.717, 1.165) is 17.5 Å². The molecule has 0 aliphatic heterocycles. The normalized spacial score (nSPS) is 11.5. The van der Waals surface area contributed by atoms with Gasteiger partial charge in [0.15, 0.2) is 5.82 Å². The van der Waals surface area contributed by atoms with Crippen LogP contribution in [0, 0.1) is 6.92 Å². The minimum absolute atomic E-state index is 0.275. The summed E-state index contributed by atoms with van der Waals surface area (Å²) in [5.74, 6) is 0.275. The van der Waals surface area contributed by atoms with Crippen LogP contribution in [0.5, 0.6) is 0 Å². The van der Waals surface area contributed by atoms with Gasteiger partial charge in [-0.15, -0.1) is 0 Å². The van der Waals surface area contributed by atoms with Crippen LogP contribution in [0.2, 0.25) is 5.02 Å². The van der Waals surface area contributed by atoms with Crippen molar-refractivity contribution in [1.82, 2.24) is 10.2 Å². The maximum Gasteiger partial charge on any atom is 0.231 e. The summed E-state index contributed by atoms with van der Waals surface area (Å²) >= 11 is 5.93.